The van der Waals surface area contributed by atoms with Crippen LogP contribution in [0.5, 0.6) is 0 Å². The molecule has 0 aliphatic rings. The van der Waals surface area contributed by atoms with E-state index in [1.807, 2.05) is 0 Å². The maximum Gasteiger partial charge on any atom is 0.406 e. The minimum absolute atomic E-state index is 0.136. The normalized spacial score (nSPS) is 8.91. The van der Waals surface area contributed by atoms with Crippen molar-refractivity contribution in [3.8, 4) is 0 Å². The first kappa shape index (κ1) is 9.94. The van der Waals surface area contributed by atoms with Gasteiger partial charge in [-0.05, 0) is 13.3 Å². The zero-order valence-corrected chi connectivity index (χ0v) is 6.85. The first-order valence-corrected chi connectivity index (χ1v) is 3.48. The van der Waals surface area contributed by atoms with Gasteiger partial charge in [0.2, 0.25) is 0 Å². The molecule has 0 saturated carbocycles. The van der Waals surface area contributed by atoms with Crippen LogP contribution >= 0.6 is 0 Å². The highest BCUT2D eigenvalue weighted by Gasteiger charge is 1.97. The van der Waals surface area contributed by atoms with E-state index in [1.54, 1.807) is 0 Å². The van der Waals surface area contributed by atoms with Crippen molar-refractivity contribution in [1.82, 2.24) is 5.32 Å². The Morgan fingerprint density at radius 2 is 2.09 bits per heavy atom. The van der Waals surface area contributed by atoms with Gasteiger partial charge in [-0.1, -0.05) is 0 Å². The average molecular weight is 159 g/mol. The van der Waals surface area contributed by atoms with Gasteiger partial charge in [0.15, 0.2) is 0 Å². The number of ether oxygens (including phenoxy) is 1. The zero-order valence-electron chi connectivity index (χ0n) is 6.85. The van der Waals surface area contributed by atoms with Gasteiger partial charge >= 0.3 is 6.09 Å². The molecule has 0 bridgehead atoms. The summed E-state index contributed by atoms with van der Waals surface area (Å²) in [5, 5.41) is 2.47. The van der Waals surface area contributed by atoms with Crippen LogP contribution in [0.1, 0.15) is 19.8 Å². The van der Waals surface area contributed by atoms with E-state index in [0.29, 0.717) is 19.4 Å². The highest BCUT2D eigenvalue weighted by Crippen LogP contribution is 1.87. The molecule has 0 aliphatic heterocycles. The summed E-state index contributed by atoms with van der Waals surface area (Å²) in [4.78, 5) is 20.9. The van der Waals surface area contributed by atoms with E-state index in [2.05, 4.69) is 10.1 Å². The molecule has 0 unspecified atom stereocenters. The predicted octanol–water partition coefficient (Wildman–Crippen LogP) is 0.712. The molecule has 1 N–H and O–H groups in total. The molecule has 0 saturated heterocycles. The van der Waals surface area contributed by atoms with E-state index in [4.69, 9.17) is 0 Å². The lowest BCUT2D eigenvalue weighted by molar-refractivity contribution is -0.117. The van der Waals surface area contributed by atoms with Crippen LogP contribution in [-0.4, -0.2) is 25.5 Å². The van der Waals surface area contributed by atoms with E-state index in [9.17, 15) is 9.59 Å². The van der Waals surface area contributed by atoms with Crippen LogP contribution in [0.3, 0.4) is 0 Å². The van der Waals surface area contributed by atoms with Crippen molar-refractivity contribution in [2.24, 2.45) is 0 Å². The molecule has 0 fully saturated rings. The van der Waals surface area contributed by atoms with Crippen molar-refractivity contribution in [3.05, 3.63) is 0 Å². The van der Waals surface area contributed by atoms with Crippen LogP contribution in [-0.2, 0) is 9.53 Å². The molecule has 0 radical (unpaired) electrons. The van der Waals surface area contributed by atoms with Gasteiger partial charge in [-0.3, -0.25) is 0 Å². The van der Waals surface area contributed by atoms with E-state index in [0.717, 1.165) is 0 Å². The predicted molar refractivity (Wildman–Crippen MR) is 40.3 cm³/mol. The van der Waals surface area contributed by atoms with E-state index < -0.39 is 6.09 Å². The monoisotopic (exact) mass is 159 g/mol. The molecule has 0 atom stereocenters. The van der Waals surface area contributed by atoms with E-state index in [-0.39, 0.29) is 5.78 Å². The van der Waals surface area contributed by atoms with Gasteiger partial charge in [-0.15, -0.1) is 0 Å². The Labute approximate surface area is 65.9 Å². The average Bonchev–Trinajstić information content (AvgIpc) is 1.97. The van der Waals surface area contributed by atoms with Crippen LogP contribution < -0.4 is 5.32 Å². The molecule has 0 aromatic carbocycles. The molecule has 4 nitrogen and oxygen atoms in total. The number of amides is 1. The van der Waals surface area contributed by atoms with Gasteiger partial charge in [-0.2, -0.15) is 0 Å². The number of methoxy groups -OCH3 is 1. The van der Waals surface area contributed by atoms with Crippen molar-refractivity contribution in [2.45, 2.75) is 19.8 Å². The molecule has 4 heteroatoms. The number of ketones is 1. The van der Waals surface area contributed by atoms with Gasteiger partial charge in [0, 0.05) is 13.0 Å². The van der Waals surface area contributed by atoms with Crippen LogP contribution in [0.15, 0.2) is 0 Å². The molecule has 0 heterocycles. The second-order valence-electron chi connectivity index (χ2n) is 2.22. The lowest BCUT2D eigenvalue weighted by Crippen LogP contribution is -2.24. The van der Waals surface area contributed by atoms with E-state index >= 15 is 0 Å². The highest BCUT2D eigenvalue weighted by molar-refractivity contribution is 5.75. The van der Waals surface area contributed by atoms with Crippen LogP contribution in [0.25, 0.3) is 0 Å². The largest absolute Gasteiger partial charge is 0.453 e. The topological polar surface area (TPSA) is 55.4 Å². The highest BCUT2D eigenvalue weighted by atomic mass is 16.5. The Hall–Kier alpha value is -1.06. The molecule has 1 amide bonds. The summed E-state index contributed by atoms with van der Waals surface area (Å²) in [6, 6.07) is 0. The lowest BCUT2D eigenvalue weighted by Gasteiger charge is -2.00. The number of rotatable bonds is 4. The lowest BCUT2D eigenvalue weighted by atomic mass is 10.2. The summed E-state index contributed by atoms with van der Waals surface area (Å²) < 4.78 is 4.32. The van der Waals surface area contributed by atoms with Gasteiger partial charge in [0.1, 0.15) is 5.78 Å². The van der Waals surface area contributed by atoms with Crippen molar-refractivity contribution in [3.63, 3.8) is 0 Å². The first-order valence-electron chi connectivity index (χ1n) is 3.48. The Balaban J connectivity index is 3.14. The molecular weight excluding hydrogens is 146 g/mol. The molecule has 0 rings (SSSR count). The fraction of sp³-hybridized carbons (Fsp3) is 0.714. The summed E-state index contributed by atoms with van der Waals surface area (Å²) in [6.45, 7) is 2.02. The third-order valence-electron chi connectivity index (χ3n) is 1.16. The molecular formula is C7H13NO3. The van der Waals surface area contributed by atoms with Crippen LogP contribution in [0.4, 0.5) is 4.79 Å². The number of hydrogen-bond donors (Lipinski definition) is 1. The molecule has 11 heavy (non-hydrogen) atoms. The summed E-state index contributed by atoms with van der Waals surface area (Å²) in [5.74, 6) is 0.136. The van der Waals surface area contributed by atoms with Gasteiger partial charge in [-0.25, -0.2) is 4.79 Å². The smallest absolute Gasteiger partial charge is 0.406 e. The maximum absolute atomic E-state index is 10.4. The Kier molecular flexibility index (Phi) is 5.15. The summed E-state index contributed by atoms with van der Waals surface area (Å²) in [7, 11) is 1.31. The Morgan fingerprint density at radius 3 is 2.55 bits per heavy atom. The zero-order chi connectivity index (χ0) is 8.69. The SMILES string of the molecule is COC(=O)NCCCC(C)=O. The van der Waals surface area contributed by atoms with Gasteiger partial charge < -0.3 is 14.8 Å². The van der Waals surface area contributed by atoms with Crippen LogP contribution in [0.2, 0.25) is 0 Å². The number of hydrogen-bond acceptors (Lipinski definition) is 3. The second kappa shape index (κ2) is 5.70. The molecule has 0 aliphatic carbocycles. The Bertz CT molecular complexity index is 145. The fourth-order valence-corrected chi connectivity index (χ4v) is 0.600. The number of nitrogens with one attached hydrogen (secondary N) is 1. The van der Waals surface area contributed by atoms with Crippen molar-refractivity contribution >= 4 is 11.9 Å². The summed E-state index contributed by atoms with van der Waals surface area (Å²) in [6.07, 6.45) is 0.725. The van der Waals surface area contributed by atoms with E-state index in [1.165, 1.54) is 14.0 Å². The Morgan fingerprint density at radius 1 is 1.45 bits per heavy atom. The third-order valence-corrected chi connectivity index (χ3v) is 1.16. The fourth-order valence-electron chi connectivity index (χ4n) is 0.600. The third kappa shape index (κ3) is 6.83. The first-order chi connectivity index (χ1) is 5.16. The van der Waals surface area contributed by atoms with Crippen molar-refractivity contribution in [1.29, 1.82) is 0 Å². The quantitative estimate of drug-likeness (QED) is 0.614. The molecule has 0 aromatic rings. The standard InChI is InChI=1S/C7H13NO3/c1-6(9)4-3-5-8-7(10)11-2/h3-5H2,1-2H3,(H,8,10). The summed E-state index contributed by atoms with van der Waals surface area (Å²) >= 11 is 0. The summed E-state index contributed by atoms with van der Waals surface area (Å²) in [5.41, 5.74) is 0. The molecule has 0 aromatic heterocycles. The maximum atomic E-state index is 10.4. The number of carbonyl (C=O) groups is 2. The second-order valence-corrected chi connectivity index (χ2v) is 2.22. The van der Waals surface area contributed by atoms with Crippen molar-refractivity contribution < 1.29 is 14.3 Å². The van der Waals surface area contributed by atoms with Crippen molar-refractivity contribution in [2.75, 3.05) is 13.7 Å². The minimum Gasteiger partial charge on any atom is -0.453 e. The minimum atomic E-state index is -0.450. The molecule has 64 valence electrons. The van der Waals surface area contributed by atoms with Gasteiger partial charge in [0.05, 0.1) is 7.11 Å². The number of Topliss-reactive ketones (excluding diaryl/α,β-unsaturated/α-hetero) is 1. The molecule has 0 spiro atoms. The van der Waals surface area contributed by atoms with Gasteiger partial charge in [0.25, 0.3) is 0 Å². The van der Waals surface area contributed by atoms with Crippen LogP contribution in [0, 0.1) is 0 Å². The number of alkyl carbamates (subject to hydrolysis) is 1. The number of carbonyl (C=O) groups excluding carboxylic acids is 2.